The van der Waals surface area contributed by atoms with Crippen molar-refractivity contribution in [3.8, 4) is 11.5 Å². The van der Waals surface area contributed by atoms with Gasteiger partial charge in [0.25, 0.3) is 0 Å². The smallest absolute Gasteiger partial charge is 0.407 e. The van der Waals surface area contributed by atoms with Crippen molar-refractivity contribution in [1.82, 2.24) is 10.6 Å². The van der Waals surface area contributed by atoms with Crippen LogP contribution in [0.15, 0.2) is 83.8 Å². The minimum absolute atomic E-state index is 0.00145. The quantitative estimate of drug-likeness (QED) is 0.212. The zero-order valence-corrected chi connectivity index (χ0v) is 24.9. The molecule has 0 saturated heterocycles. The first kappa shape index (κ1) is 33.0. The lowest BCUT2D eigenvalue weighted by Crippen LogP contribution is -2.75. The molecule has 0 aromatic heterocycles. The van der Waals surface area contributed by atoms with Crippen LogP contribution in [-0.4, -0.2) is 57.1 Å². The van der Waals surface area contributed by atoms with E-state index in [0.29, 0.717) is 11.3 Å². The zero-order valence-electron chi connectivity index (χ0n) is 24.1. The Labute approximate surface area is 249 Å². The molecule has 0 bridgehead atoms. The van der Waals surface area contributed by atoms with Gasteiger partial charge in [-0.15, -0.1) is 0 Å². The van der Waals surface area contributed by atoms with Gasteiger partial charge in [-0.1, -0.05) is 30.3 Å². The number of carbonyl (C=O) groups is 3. The summed E-state index contributed by atoms with van der Waals surface area (Å²) in [6.07, 6.45) is -1.03. The molecule has 0 fully saturated rings. The first-order chi connectivity index (χ1) is 20.4. The van der Waals surface area contributed by atoms with Crippen LogP contribution < -0.4 is 15.4 Å². The Bertz CT molecular complexity index is 1510. The van der Waals surface area contributed by atoms with Crippen LogP contribution in [0.3, 0.4) is 0 Å². The number of hydrogen-bond acceptors (Lipinski definition) is 10. The van der Waals surface area contributed by atoms with Crippen LogP contribution in [0.5, 0.6) is 11.5 Å². The average Bonchev–Trinajstić information content (AvgIpc) is 2.98. The molecule has 2 N–H and O–H groups in total. The van der Waals surface area contributed by atoms with Crippen LogP contribution in [0.2, 0.25) is 0 Å². The van der Waals surface area contributed by atoms with E-state index in [4.69, 9.17) is 18.9 Å². The molecule has 0 aliphatic carbocycles. The fraction of sp³-hybridized carbons (Fsp3) is 0.300. The number of nitrogens with one attached hydrogen (secondary N) is 2. The SMILES string of the molecule is CCOC(=O)CN[C@](C(=O)OC)(C(C)(C)NC(=O)OCc1ccccc1)S(=O)(=O)c1ccc(Oc2ccc(F)cc2)cc1. The molecule has 230 valence electrons. The molecule has 0 spiro atoms. The predicted octanol–water partition coefficient (Wildman–Crippen LogP) is 4.12. The van der Waals surface area contributed by atoms with Crippen molar-refractivity contribution in [2.75, 3.05) is 20.3 Å². The summed E-state index contributed by atoms with van der Waals surface area (Å²) in [5.74, 6) is -2.09. The molecule has 13 heteroatoms. The zero-order chi connectivity index (χ0) is 31.7. The average molecular weight is 617 g/mol. The number of sulfone groups is 1. The van der Waals surface area contributed by atoms with Gasteiger partial charge in [0.15, 0.2) is 0 Å². The number of ether oxygens (including phenoxy) is 4. The van der Waals surface area contributed by atoms with Crippen molar-refractivity contribution < 1.29 is 46.1 Å². The third-order valence-corrected chi connectivity index (χ3v) is 8.87. The van der Waals surface area contributed by atoms with Gasteiger partial charge in [-0.3, -0.25) is 10.1 Å². The topological polar surface area (TPSA) is 146 Å². The number of alkyl carbamates (subject to hydrolysis) is 1. The number of rotatable bonds is 13. The summed E-state index contributed by atoms with van der Waals surface area (Å²) in [5, 5.41) is 4.96. The summed E-state index contributed by atoms with van der Waals surface area (Å²) in [6.45, 7) is 3.25. The Morgan fingerprint density at radius 1 is 0.860 bits per heavy atom. The number of carbonyl (C=O) groups excluding carboxylic acids is 3. The predicted molar refractivity (Wildman–Crippen MR) is 153 cm³/mol. The summed E-state index contributed by atoms with van der Waals surface area (Å²) in [4.78, 5) is 35.6. The standard InChI is InChI=1S/C30H33FN2O9S/c1-5-40-26(34)19-32-30(27(35)39-4,29(2,3)33-28(36)41-20-21-9-7-6-8-10-21)43(37,38)25-17-15-24(16-18-25)42-23-13-11-22(31)12-14-23/h6-18,32H,5,19-20H2,1-4H3,(H,33,36)/t30-/m0/s1. The van der Waals surface area contributed by atoms with Gasteiger partial charge in [-0.05, 0) is 74.9 Å². The first-order valence-corrected chi connectivity index (χ1v) is 14.6. The van der Waals surface area contributed by atoms with Crippen molar-refractivity contribution in [1.29, 1.82) is 0 Å². The Hall–Kier alpha value is -4.49. The summed E-state index contributed by atoms with van der Waals surface area (Å²) in [5.41, 5.74) is -1.31. The number of esters is 2. The molecular weight excluding hydrogens is 583 g/mol. The van der Waals surface area contributed by atoms with Gasteiger partial charge in [0.05, 0.1) is 30.7 Å². The third-order valence-electron chi connectivity index (χ3n) is 6.35. The molecule has 1 amide bonds. The van der Waals surface area contributed by atoms with E-state index < -0.39 is 50.6 Å². The Balaban J connectivity index is 2.00. The lowest BCUT2D eigenvalue weighted by Gasteiger charge is -2.43. The molecule has 3 aromatic rings. The molecule has 11 nitrogen and oxygen atoms in total. The lowest BCUT2D eigenvalue weighted by molar-refractivity contribution is -0.148. The number of benzene rings is 3. The van der Waals surface area contributed by atoms with E-state index in [9.17, 15) is 27.2 Å². The van der Waals surface area contributed by atoms with Crippen molar-refractivity contribution in [2.45, 2.75) is 42.7 Å². The largest absolute Gasteiger partial charge is 0.467 e. The summed E-state index contributed by atoms with van der Waals surface area (Å²) >= 11 is 0. The van der Waals surface area contributed by atoms with E-state index in [1.807, 2.05) is 0 Å². The maximum absolute atomic E-state index is 14.3. The van der Waals surface area contributed by atoms with Crippen molar-refractivity contribution >= 4 is 27.9 Å². The highest BCUT2D eigenvalue weighted by atomic mass is 32.2. The highest BCUT2D eigenvalue weighted by Crippen LogP contribution is 2.36. The Morgan fingerprint density at radius 2 is 1.44 bits per heavy atom. The monoisotopic (exact) mass is 616 g/mol. The highest BCUT2D eigenvalue weighted by Gasteiger charge is 2.63. The van der Waals surface area contributed by atoms with Crippen LogP contribution >= 0.6 is 0 Å². The van der Waals surface area contributed by atoms with Crippen LogP contribution in [-0.2, 0) is 40.2 Å². The summed E-state index contributed by atoms with van der Waals surface area (Å²) in [7, 11) is -3.84. The second-order valence-corrected chi connectivity index (χ2v) is 11.8. The molecular formula is C30H33FN2O9S. The highest BCUT2D eigenvalue weighted by molar-refractivity contribution is 7.93. The first-order valence-electron chi connectivity index (χ1n) is 13.1. The summed E-state index contributed by atoms with van der Waals surface area (Å²) in [6, 6.07) is 19.0. The number of hydrogen-bond donors (Lipinski definition) is 2. The van der Waals surface area contributed by atoms with Crippen molar-refractivity contribution in [3.05, 3.63) is 90.2 Å². The van der Waals surface area contributed by atoms with Gasteiger partial charge in [0.2, 0.25) is 14.7 Å². The van der Waals surface area contributed by atoms with Gasteiger partial charge in [-0.25, -0.2) is 22.4 Å². The van der Waals surface area contributed by atoms with Gasteiger partial charge in [-0.2, -0.15) is 0 Å². The van der Waals surface area contributed by atoms with E-state index >= 15 is 0 Å². The minimum Gasteiger partial charge on any atom is -0.467 e. The molecule has 0 heterocycles. The number of amides is 1. The van der Waals surface area contributed by atoms with Crippen molar-refractivity contribution in [3.63, 3.8) is 0 Å². The maximum Gasteiger partial charge on any atom is 0.407 e. The second-order valence-electron chi connectivity index (χ2n) is 9.67. The number of methoxy groups -OCH3 is 1. The second kappa shape index (κ2) is 14.1. The Kier molecular flexibility index (Phi) is 10.8. The fourth-order valence-corrected chi connectivity index (χ4v) is 6.38. The van der Waals surface area contributed by atoms with E-state index in [1.54, 1.807) is 37.3 Å². The fourth-order valence-electron chi connectivity index (χ4n) is 4.25. The number of halogens is 1. The van der Waals surface area contributed by atoms with Crippen LogP contribution in [0, 0.1) is 5.82 Å². The molecule has 0 saturated carbocycles. The molecule has 0 radical (unpaired) electrons. The lowest BCUT2D eigenvalue weighted by atomic mass is 9.93. The van der Waals surface area contributed by atoms with E-state index in [-0.39, 0.29) is 23.9 Å². The third kappa shape index (κ3) is 7.67. The van der Waals surface area contributed by atoms with Gasteiger partial charge in [0.1, 0.15) is 23.9 Å². The molecule has 3 aromatic carbocycles. The molecule has 3 rings (SSSR count). The molecule has 0 unspecified atom stereocenters. The molecule has 0 aliphatic rings. The van der Waals surface area contributed by atoms with Gasteiger partial charge in [0, 0.05) is 0 Å². The molecule has 0 aliphatic heterocycles. The van der Waals surface area contributed by atoms with Gasteiger partial charge >= 0.3 is 18.0 Å². The van der Waals surface area contributed by atoms with Crippen LogP contribution in [0.25, 0.3) is 0 Å². The van der Waals surface area contributed by atoms with Crippen molar-refractivity contribution in [2.24, 2.45) is 0 Å². The normalized spacial score (nSPS) is 12.9. The minimum atomic E-state index is -4.82. The van der Waals surface area contributed by atoms with Crippen LogP contribution in [0.1, 0.15) is 26.3 Å². The maximum atomic E-state index is 14.3. The molecule has 43 heavy (non-hydrogen) atoms. The van der Waals surface area contributed by atoms with E-state index in [0.717, 1.165) is 7.11 Å². The molecule has 1 atom stereocenters. The van der Waals surface area contributed by atoms with E-state index in [2.05, 4.69) is 10.6 Å². The van der Waals surface area contributed by atoms with E-state index in [1.165, 1.54) is 62.4 Å². The summed E-state index contributed by atoms with van der Waals surface area (Å²) < 4.78 is 62.7. The van der Waals surface area contributed by atoms with Gasteiger partial charge < -0.3 is 24.3 Å². The Morgan fingerprint density at radius 3 is 2.00 bits per heavy atom. The van der Waals surface area contributed by atoms with Crippen LogP contribution in [0.4, 0.5) is 9.18 Å².